The third-order valence-electron chi connectivity index (χ3n) is 0.790. The minimum atomic E-state index is -5.01. The van der Waals surface area contributed by atoms with Crippen molar-refractivity contribution in [1.29, 1.82) is 0 Å². The Bertz CT molecular complexity index is 101. The fraction of sp³-hybridized carbons (Fsp3) is 1.00. The van der Waals surface area contributed by atoms with Crippen molar-refractivity contribution in [2.45, 2.75) is 24.3 Å². The van der Waals surface area contributed by atoms with E-state index in [-0.39, 0.29) is 0 Å². The summed E-state index contributed by atoms with van der Waals surface area (Å²) in [6.45, 7) is 0.437. The number of halogens is 5. The summed E-state index contributed by atoms with van der Waals surface area (Å²) >= 11 is 4.53. The molecule has 2 atom stereocenters. The van der Waals surface area contributed by atoms with E-state index in [2.05, 4.69) is 11.6 Å². The van der Waals surface area contributed by atoms with E-state index in [1.54, 1.807) is 0 Å². The summed E-state index contributed by atoms with van der Waals surface area (Å²) in [4.78, 5) is 0. The largest absolute Gasteiger partial charge is 0.418 e. The van der Waals surface area contributed by atoms with Gasteiger partial charge in [0.15, 0.2) is 6.10 Å². The van der Waals surface area contributed by atoms with E-state index in [1.807, 2.05) is 0 Å². The van der Waals surface area contributed by atoms with Crippen LogP contribution >= 0.6 is 11.6 Å². The average Bonchev–Trinajstić information content (AvgIpc) is 1.59. The normalized spacial score (nSPS) is 21.9. The number of alkyl halides is 5. The van der Waals surface area contributed by atoms with Crippen molar-refractivity contribution < 1.29 is 22.7 Å². The predicted molar refractivity (Wildman–Crippen MR) is 27.4 cm³/mol. The summed E-state index contributed by atoms with van der Waals surface area (Å²) in [5.41, 5.74) is 0. The molecule has 0 aromatic rings. The molecule has 0 aliphatic heterocycles. The lowest BCUT2D eigenvalue weighted by Crippen LogP contribution is -2.41. The van der Waals surface area contributed by atoms with Gasteiger partial charge in [-0.3, -0.25) is 0 Å². The minimum Gasteiger partial charge on any atom is -0.380 e. The predicted octanol–water partition coefficient (Wildman–Crippen LogP) is 1.83. The zero-order valence-electron chi connectivity index (χ0n) is 4.91. The van der Waals surface area contributed by atoms with E-state index >= 15 is 0 Å². The van der Waals surface area contributed by atoms with Crippen LogP contribution in [-0.4, -0.2) is 22.5 Å². The topological polar surface area (TPSA) is 20.2 Å². The van der Waals surface area contributed by atoms with Crippen molar-refractivity contribution in [2.75, 3.05) is 0 Å². The first-order valence-electron chi connectivity index (χ1n) is 2.28. The third-order valence-corrected chi connectivity index (χ3v) is 0.997. The van der Waals surface area contributed by atoms with Gasteiger partial charge >= 0.3 is 6.18 Å². The first-order chi connectivity index (χ1) is 4.15. The standard InChI is InChI=1S/C4H5ClF4O/c1-3(5,6)2(10)4(7,8)9/h2,10H,1H3. The number of hydrogen-bond acceptors (Lipinski definition) is 1. The third kappa shape index (κ3) is 2.70. The van der Waals surface area contributed by atoms with Gasteiger partial charge < -0.3 is 5.11 Å². The van der Waals surface area contributed by atoms with Crippen molar-refractivity contribution in [3.8, 4) is 0 Å². The minimum absolute atomic E-state index is 0.437. The lowest BCUT2D eigenvalue weighted by atomic mass is 10.2. The number of aliphatic hydroxyl groups is 1. The Morgan fingerprint density at radius 1 is 1.30 bits per heavy atom. The van der Waals surface area contributed by atoms with Gasteiger partial charge in [0.2, 0.25) is 5.13 Å². The van der Waals surface area contributed by atoms with Crippen molar-refractivity contribution in [3.05, 3.63) is 0 Å². The lowest BCUT2D eigenvalue weighted by Gasteiger charge is -2.21. The van der Waals surface area contributed by atoms with E-state index in [4.69, 9.17) is 5.11 Å². The summed E-state index contributed by atoms with van der Waals surface area (Å²) in [6, 6.07) is 0. The van der Waals surface area contributed by atoms with E-state index in [0.717, 1.165) is 0 Å². The summed E-state index contributed by atoms with van der Waals surface area (Å²) in [5.74, 6) is 0. The van der Waals surface area contributed by atoms with Crippen LogP contribution in [0, 0.1) is 0 Å². The van der Waals surface area contributed by atoms with Crippen LogP contribution < -0.4 is 0 Å². The Kier molecular flexibility index (Phi) is 2.53. The number of hydrogen-bond donors (Lipinski definition) is 1. The molecular weight excluding hydrogens is 175 g/mol. The highest BCUT2D eigenvalue weighted by molar-refractivity contribution is 6.23. The molecule has 1 nitrogen and oxygen atoms in total. The van der Waals surface area contributed by atoms with Gasteiger partial charge in [-0.15, -0.1) is 0 Å². The maximum atomic E-state index is 12.1. The van der Waals surface area contributed by atoms with Gasteiger partial charge in [-0.25, -0.2) is 4.39 Å². The highest BCUT2D eigenvalue weighted by atomic mass is 35.5. The summed E-state index contributed by atoms with van der Waals surface area (Å²) < 4.78 is 46.2. The molecule has 0 saturated heterocycles. The van der Waals surface area contributed by atoms with Crippen molar-refractivity contribution in [1.82, 2.24) is 0 Å². The molecule has 0 rings (SSSR count). The first-order valence-corrected chi connectivity index (χ1v) is 2.66. The average molecular weight is 181 g/mol. The van der Waals surface area contributed by atoms with E-state index in [0.29, 0.717) is 6.92 Å². The zero-order chi connectivity index (χ0) is 8.58. The van der Waals surface area contributed by atoms with Crippen LogP contribution in [0.4, 0.5) is 17.6 Å². The molecule has 10 heavy (non-hydrogen) atoms. The van der Waals surface area contributed by atoms with Crippen LogP contribution in [0.15, 0.2) is 0 Å². The van der Waals surface area contributed by atoms with E-state index in [1.165, 1.54) is 0 Å². The fourth-order valence-electron chi connectivity index (χ4n) is 0.287. The smallest absolute Gasteiger partial charge is 0.380 e. The molecule has 1 N–H and O–H groups in total. The molecule has 0 fully saturated rings. The SMILES string of the molecule is CC(F)(Cl)C(O)C(F)(F)F. The highest BCUT2D eigenvalue weighted by Crippen LogP contribution is 2.32. The van der Waals surface area contributed by atoms with Crippen LogP contribution in [0.1, 0.15) is 6.92 Å². The Balaban J connectivity index is 4.23. The molecule has 0 saturated carbocycles. The van der Waals surface area contributed by atoms with E-state index in [9.17, 15) is 17.6 Å². The Labute approximate surface area is 59.6 Å². The molecule has 0 heterocycles. The molecule has 6 heteroatoms. The Morgan fingerprint density at radius 2 is 1.60 bits per heavy atom. The molecule has 62 valence electrons. The molecule has 2 unspecified atom stereocenters. The van der Waals surface area contributed by atoms with E-state index < -0.39 is 17.4 Å². The molecule has 0 aromatic carbocycles. The summed E-state index contributed by atoms with van der Waals surface area (Å²) in [6.07, 6.45) is -8.15. The van der Waals surface area contributed by atoms with Crippen LogP contribution in [0.2, 0.25) is 0 Å². The van der Waals surface area contributed by atoms with Gasteiger partial charge in [-0.1, -0.05) is 11.6 Å². The maximum Gasteiger partial charge on any atom is 0.418 e. The monoisotopic (exact) mass is 180 g/mol. The van der Waals surface area contributed by atoms with Crippen LogP contribution in [0.5, 0.6) is 0 Å². The van der Waals surface area contributed by atoms with Crippen LogP contribution in [0.25, 0.3) is 0 Å². The van der Waals surface area contributed by atoms with Gasteiger partial charge in [0, 0.05) is 0 Å². The van der Waals surface area contributed by atoms with Gasteiger partial charge in [0.25, 0.3) is 0 Å². The lowest BCUT2D eigenvalue weighted by molar-refractivity contribution is -0.225. The molecule has 0 aliphatic rings. The van der Waals surface area contributed by atoms with Crippen molar-refractivity contribution >= 4 is 11.6 Å². The molecular formula is C4H5ClF4O. The molecule has 0 spiro atoms. The summed E-state index contributed by atoms with van der Waals surface area (Å²) in [5, 5.41) is 4.94. The quantitative estimate of drug-likeness (QED) is 0.482. The van der Waals surface area contributed by atoms with Crippen molar-refractivity contribution in [3.63, 3.8) is 0 Å². The Hall–Kier alpha value is -0.0300. The number of rotatable bonds is 1. The molecule has 0 radical (unpaired) electrons. The second-order valence-electron chi connectivity index (χ2n) is 1.90. The molecule has 0 amide bonds. The second kappa shape index (κ2) is 2.54. The summed E-state index contributed by atoms with van der Waals surface area (Å²) in [7, 11) is 0. The molecule has 0 aliphatic carbocycles. The second-order valence-corrected chi connectivity index (χ2v) is 2.64. The Morgan fingerprint density at radius 3 is 1.60 bits per heavy atom. The fourth-order valence-corrected chi connectivity index (χ4v) is 0.411. The van der Waals surface area contributed by atoms with Gasteiger partial charge in [0.05, 0.1) is 0 Å². The molecule has 0 aromatic heterocycles. The van der Waals surface area contributed by atoms with Crippen LogP contribution in [-0.2, 0) is 0 Å². The first kappa shape index (κ1) is 9.97. The van der Waals surface area contributed by atoms with Gasteiger partial charge in [-0.05, 0) is 6.92 Å². The van der Waals surface area contributed by atoms with Gasteiger partial charge in [0.1, 0.15) is 0 Å². The zero-order valence-corrected chi connectivity index (χ0v) is 5.67. The van der Waals surface area contributed by atoms with Crippen LogP contribution in [0.3, 0.4) is 0 Å². The van der Waals surface area contributed by atoms with Crippen molar-refractivity contribution in [2.24, 2.45) is 0 Å². The van der Waals surface area contributed by atoms with Gasteiger partial charge in [-0.2, -0.15) is 13.2 Å². The highest BCUT2D eigenvalue weighted by Gasteiger charge is 2.50. The molecule has 0 bridgehead atoms. The number of aliphatic hydroxyl groups excluding tert-OH is 1. The maximum absolute atomic E-state index is 12.1.